The Morgan fingerprint density at radius 1 is 1.17 bits per heavy atom. The van der Waals surface area contributed by atoms with Crippen molar-refractivity contribution in [3.05, 3.63) is 35.9 Å². The van der Waals surface area contributed by atoms with Crippen molar-refractivity contribution in [1.29, 1.82) is 0 Å². The summed E-state index contributed by atoms with van der Waals surface area (Å²) in [4.78, 5) is 11.2. The molecule has 0 aliphatic rings. The molecule has 2 aromatic rings. The predicted molar refractivity (Wildman–Crippen MR) is 76.1 cm³/mol. The number of benzene rings is 2. The maximum Gasteiger partial charge on any atom is 0.534 e. The van der Waals surface area contributed by atoms with E-state index in [4.69, 9.17) is 4.74 Å². The molecule has 0 amide bonds. The fourth-order valence-electron chi connectivity index (χ4n) is 1.92. The summed E-state index contributed by atoms with van der Waals surface area (Å²) < 4.78 is 68.8. The van der Waals surface area contributed by atoms with Gasteiger partial charge in [0.2, 0.25) is 0 Å². The third kappa shape index (κ3) is 3.39. The van der Waals surface area contributed by atoms with E-state index in [0.717, 1.165) is 6.07 Å². The van der Waals surface area contributed by atoms with E-state index in [1.54, 1.807) is 19.1 Å². The van der Waals surface area contributed by atoms with Gasteiger partial charge in [0.1, 0.15) is 5.75 Å². The molecular formula is C14H11F3O5S. The molecule has 9 heteroatoms. The largest absolute Gasteiger partial charge is 0.534 e. The molecule has 0 fully saturated rings. The monoisotopic (exact) mass is 348 g/mol. The first kappa shape index (κ1) is 17.1. The van der Waals surface area contributed by atoms with Crippen LogP contribution in [0.4, 0.5) is 13.2 Å². The Balaban J connectivity index is 2.59. The minimum Gasteiger partial charge on any atom is -0.494 e. The lowest BCUT2D eigenvalue weighted by molar-refractivity contribution is -0.0500. The molecule has 0 unspecified atom stereocenters. The highest BCUT2D eigenvalue weighted by atomic mass is 32.2. The number of halogens is 3. The minimum atomic E-state index is -5.86. The maximum atomic E-state index is 12.4. The first-order valence-corrected chi connectivity index (χ1v) is 7.76. The van der Waals surface area contributed by atoms with E-state index in [1.807, 2.05) is 0 Å². The highest BCUT2D eigenvalue weighted by Gasteiger charge is 2.48. The van der Waals surface area contributed by atoms with Gasteiger partial charge < -0.3 is 8.92 Å². The number of rotatable bonds is 5. The number of fused-ring (bicyclic) bond motifs is 1. The summed E-state index contributed by atoms with van der Waals surface area (Å²) in [6.07, 6.45) is 0.235. The molecule has 124 valence electrons. The first-order chi connectivity index (χ1) is 10.7. The van der Waals surface area contributed by atoms with E-state index in [1.165, 1.54) is 12.1 Å². The average Bonchev–Trinajstić information content (AvgIpc) is 2.45. The van der Waals surface area contributed by atoms with Gasteiger partial charge in [0.05, 0.1) is 12.2 Å². The smallest absolute Gasteiger partial charge is 0.494 e. The van der Waals surface area contributed by atoms with Crippen molar-refractivity contribution in [2.75, 3.05) is 6.61 Å². The van der Waals surface area contributed by atoms with Gasteiger partial charge >= 0.3 is 15.6 Å². The molecular weight excluding hydrogens is 337 g/mol. The van der Waals surface area contributed by atoms with E-state index < -0.39 is 21.4 Å². The van der Waals surface area contributed by atoms with Crippen LogP contribution < -0.4 is 8.92 Å². The molecule has 0 aromatic heterocycles. The van der Waals surface area contributed by atoms with Crippen LogP contribution in [0.5, 0.6) is 11.5 Å². The number of aldehydes is 1. The second kappa shape index (κ2) is 6.07. The fraction of sp³-hybridized carbons (Fsp3) is 0.214. The van der Waals surface area contributed by atoms with Gasteiger partial charge in [-0.05, 0) is 35.9 Å². The van der Waals surface area contributed by atoms with Crippen LogP contribution in [0.1, 0.15) is 17.3 Å². The Morgan fingerprint density at radius 3 is 2.39 bits per heavy atom. The van der Waals surface area contributed by atoms with Crippen molar-refractivity contribution >= 4 is 27.2 Å². The molecule has 23 heavy (non-hydrogen) atoms. The molecule has 0 atom stereocenters. The van der Waals surface area contributed by atoms with Gasteiger partial charge in [0, 0.05) is 0 Å². The number of hydrogen-bond donors (Lipinski definition) is 0. The van der Waals surface area contributed by atoms with E-state index in [2.05, 4.69) is 4.18 Å². The van der Waals surface area contributed by atoms with Crippen molar-refractivity contribution in [3.8, 4) is 11.5 Å². The zero-order valence-corrected chi connectivity index (χ0v) is 12.6. The van der Waals surface area contributed by atoms with E-state index in [-0.39, 0.29) is 17.2 Å². The van der Waals surface area contributed by atoms with Gasteiger partial charge in [0.15, 0.2) is 12.0 Å². The molecule has 2 aromatic carbocycles. The lowest BCUT2D eigenvalue weighted by Gasteiger charge is -2.13. The van der Waals surface area contributed by atoms with E-state index in [0.29, 0.717) is 17.7 Å². The second-order valence-electron chi connectivity index (χ2n) is 4.39. The maximum absolute atomic E-state index is 12.4. The van der Waals surface area contributed by atoms with Crippen LogP contribution in [0.3, 0.4) is 0 Å². The quantitative estimate of drug-likeness (QED) is 0.471. The fourth-order valence-corrected chi connectivity index (χ4v) is 2.39. The van der Waals surface area contributed by atoms with Crippen LogP contribution >= 0.6 is 0 Å². The Kier molecular flexibility index (Phi) is 4.51. The standard InChI is InChI=1S/C14H11F3O5S/c1-2-21-10-5-3-9-4-6-13(12(8-18)11(9)7-10)22-23(19,20)14(15,16)17/h3-8H,2H2,1H3. The number of ether oxygens (including phenoxy) is 1. The highest BCUT2D eigenvalue weighted by Crippen LogP contribution is 2.33. The van der Waals surface area contributed by atoms with E-state index >= 15 is 0 Å². The van der Waals surface area contributed by atoms with Gasteiger partial charge in [-0.2, -0.15) is 21.6 Å². The third-order valence-corrected chi connectivity index (χ3v) is 3.87. The first-order valence-electron chi connectivity index (χ1n) is 6.35. The van der Waals surface area contributed by atoms with Crippen LogP contribution in [0.25, 0.3) is 10.8 Å². The molecule has 0 saturated carbocycles. The molecule has 5 nitrogen and oxygen atoms in total. The lowest BCUT2D eigenvalue weighted by atomic mass is 10.0. The third-order valence-electron chi connectivity index (χ3n) is 2.91. The van der Waals surface area contributed by atoms with Crippen LogP contribution in [0.15, 0.2) is 30.3 Å². The number of carbonyl (C=O) groups excluding carboxylic acids is 1. The molecule has 0 saturated heterocycles. The Labute approximate surface area is 129 Å². The van der Waals surface area contributed by atoms with Gasteiger partial charge in [-0.15, -0.1) is 0 Å². The SMILES string of the molecule is CCOc1ccc2ccc(OS(=O)(=O)C(F)(F)F)c(C=O)c2c1. The van der Waals surface area contributed by atoms with Crippen molar-refractivity contribution in [3.63, 3.8) is 0 Å². The minimum absolute atomic E-state index is 0.223. The zero-order valence-electron chi connectivity index (χ0n) is 11.8. The summed E-state index contributed by atoms with van der Waals surface area (Å²) in [6, 6.07) is 6.98. The summed E-state index contributed by atoms with van der Waals surface area (Å²) >= 11 is 0. The summed E-state index contributed by atoms with van der Waals surface area (Å²) in [5.41, 5.74) is -5.90. The lowest BCUT2D eigenvalue weighted by Crippen LogP contribution is -2.28. The van der Waals surface area contributed by atoms with Crippen molar-refractivity contribution < 1.29 is 35.3 Å². The Morgan fingerprint density at radius 2 is 1.83 bits per heavy atom. The summed E-state index contributed by atoms with van der Waals surface area (Å²) in [6.45, 7) is 2.08. The molecule has 0 heterocycles. The number of alkyl halides is 3. The van der Waals surface area contributed by atoms with E-state index in [9.17, 15) is 26.4 Å². The van der Waals surface area contributed by atoms with Crippen molar-refractivity contribution in [1.82, 2.24) is 0 Å². The normalized spacial score (nSPS) is 12.2. The molecule has 0 aliphatic heterocycles. The van der Waals surface area contributed by atoms with Crippen LogP contribution in [0, 0.1) is 0 Å². The Bertz CT molecular complexity index is 843. The average molecular weight is 348 g/mol. The molecule has 0 bridgehead atoms. The molecule has 0 aliphatic carbocycles. The summed E-state index contributed by atoms with van der Waals surface area (Å²) in [7, 11) is -5.86. The molecule has 2 rings (SSSR count). The van der Waals surface area contributed by atoms with Crippen LogP contribution in [-0.4, -0.2) is 26.8 Å². The van der Waals surface area contributed by atoms with Crippen LogP contribution in [0.2, 0.25) is 0 Å². The second-order valence-corrected chi connectivity index (χ2v) is 5.93. The molecule has 0 spiro atoms. The predicted octanol–water partition coefficient (Wildman–Crippen LogP) is 3.28. The topological polar surface area (TPSA) is 69.7 Å². The number of hydrogen-bond acceptors (Lipinski definition) is 5. The zero-order chi connectivity index (χ0) is 17.3. The summed E-state index contributed by atoms with van der Waals surface area (Å²) in [5, 5.41) is 0.744. The summed E-state index contributed by atoms with van der Waals surface area (Å²) in [5.74, 6) is -0.308. The number of carbonyl (C=O) groups is 1. The molecule has 0 radical (unpaired) electrons. The van der Waals surface area contributed by atoms with Gasteiger partial charge in [0.25, 0.3) is 0 Å². The van der Waals surface area contributed by atoms with Crippen molar-refractivity contribution in [2.45, 2.75) is 12.4 Å². The van der Waals surface area contributed by atoms with Gasteiger partial charge in [-0.3, -0.25) is 4.79 Å². The van der Waals surface area contributed by atoms with Crippen LogP contribution in [-0.2, 0) is 10.1 Å². The van der Waals surface area contributed by atoms with Gasteiger partial charge in [-0.1, -0.05) is 12.1 Å². The Hall–Kier alpha value is -2.29. The highest BCUT2D eigenvalue weighted by molar-refractivity contribution is 7.88. The van der Waals surface area contributed by atoms with Gasteiger partial charge in [-0.25, -0.2) is 0 Å². The molecule has 0 N–H and O–H groups in total. The van der Waals surface area contributed by atoms with Crippen molar-refractivity contribution in [2.24, 2.45) is 0 Å².